The highest BCUT2D eigenvalue weighted by atomic mass is 16.5. The molecule has 0 amide bonds. The molecule has 0 aliphatic heterocycles. The number of carboxylic acid groups (broad SMARTS) is 1. The average Bonchev–Trinajstić information content (AvgIpc) is 3.82. The van der Waals surface area contributed by atoms with Crippen molar-refractivity contribution in [2.45, 2.75) is 52.4 Å². The molecule has 2 fully saturated rings. The van der Waals surface area contributed by atoms with Crippen molar-refractivity contribution in [3.63, 3.8) is 0 Å². The lowest BCUT2D eigenvalue weighted by Gasteiger charge is -2.16. The fourth-order valence-electron chi connectivity index (χ4n) is 5.07. The molecule has 5 nitrogen and oxygen atoms in total. The molecule has 0 saturated heterocycles. The normalized spacial score (nSPS) is 26.5. The van der Waals surface area contributed by atoms with Crippen molar-refractivity contribution in [1.29, 1.82) is 0 Å². The first kappa shape index (κ1) is 30.0. The maximum Gasteiger partial charge on any atom is 0.330 e. The summed E-state index contributed by atoms with van der Waals surface area (Å²) >= 11 is 0. The van der Waals surface area contributed by atoms with Gasteiger partial charge in [0.1, 0.15) is 0 Å². The zero-order chi connectivity index (χ0) is 27.6. The summed E-state index contributed by atoms with van der Waals surface area (Å²) in [4.78, 5) is 20.3. The van der Waals surface area contributed by atoms with E-state index in [0.717, 1.165) is 12.5 Å². The Labute approximate surface area is 221 Å². The number of aliphatic hydroxyl groups excluding tert-OH is 1. The number of aliphatic carboxylic acids is 1. The molecule has 200 valence electrons. The molecule has 6 atom stereocenters. The van der Waals surface area contributed by atoms with Crippen LogP contribution in [0.3, 0.4) is 0 Å². The lowest BCUT2D eigenvalue weighted by Crippen LogP contribution is -2.14. The van der Waals surface area contributed by atoms with E-state index in [9.17, 15) is 14.7 Å². The Morgan fingerprint density at radius 3 is 1.65 bits per heavy atom. The topological polar surface area (TPSA) is 83.8 Å². The van der Waals surface area contributed by atoms with Gasteiger partial charge in [0, 0.05) is 24.2 Å². The van der Waals surface area contributed by atoms with Gasteiger partial charge in [0.05, 0.1) is 6.61 Å². The van der Waals surface area contributed by atoms with Crippen LogP contribution in [0.5, 0.6) is 0 Å². The van der Waals surface area contributed by atoms with Gasteiger partial charge in [0.25, 0.3) is 0 Å². The van der Waals surface area contributed by atoms with Gasteiger partial charge in [0.2, 0.25) is 0 Å². The Morgan fingerprint density at radius 2 is 1.30 bits per heavy atom. The molecule has 2 aromatic rings. The number of carbonyl (C=O) groups is 2. The minimum absolute atomic E-state index is 0.133. The summed E-state index contributed by atoms with van der Waals surface area (Å²) in [5, 5.41) is 16.8. The second-order valence-electron chi connectivity index (χ2n) is 10.8. The van der Waals surface area contributed by atoms with Crippen LogP contribution in [-0.2, 0) is 14.3 Å². The number of esters is 1. The quantitative estimate of drug-likeness (QED) is 0.295. The monoisotopic (exact) mass is 506 g/mol. The van der Waals surface area contributed by atoms with Gasteiger partial charge < -0.3 is 14.9 Å². The first-order valence-electron chi connectivity index (χ1n) is 12.9. The molecule has 5 heteroatoms. The minimum Gasteiger partial charge on any atom is -0.478 e. The fourth-order valence-corrected chi connectivity index (χ4v) is 5.07. The highest BCUT2D eigenvalue weighted by molar-refractivity contribution is 5.81. The zero-order valence-electron chi connectivity index (χ0n) is 22.6. The second kappa shape index (κ2) is 13.4. The van der Waals surface area contributed by atoms with Gasteiger partial charge in [0.15, 0.2) is 0 Å². The van der Waals surface area contributed by atoms with E-state index < -0.39 is 5.97 Å². The van der Waals surface area contributed by atoms with Crippen LogP contribution < -0.4 is 0 Å². The second-order valence-corrected chi connectivity index (χ2v) is 10.8. The van der Waals surface area contributed by atoms with Crippen LogP contribution in [0.25, 0.3) is 0 Å². The molecule has 2 aliphatic rings. The summed E-state index contributed by atoms with van der Waals surface area (Å²) in [5.41, 5.74) is 3.08. The average molecular weight is 507 g/mol. The molecule has 0 radical (unpaired) electrons. The van der Waals surface area contributed by atoms with E-state index in [2.05, 4.69) is 89.4 Å². The standard InChI is InChI=1S/C16H20O2.C13H18O.C3H4O2/c1-4-15(17)18-11-16(3)10-14(16)12(2)13-8-6-5-7-9-13;1-10(11-6-4-3-5-7-11)12-8-13(12,2)9-14;1-2-3(4)5/h4-9,12,14H,1,10-11H2,2-3H3;3-7,10,12,14H,8-9H2,1-2H3;2H,1H2,(H,4,5)/t12-,14-,16-;10-,12-,13-;/m00./s1. The zero-order valence-corrected chi connectivity index (χ0v) is 22.6. The van der Waals surface area contributed by atoms with Gasteiger partial charge in [-0.2, -0.15) is 0 Å². The predicted molar refractivity (Wildman–Crippen MR) is 148 cm³/mol. The molecule has 2 saturated carbocycles. The van der Waals surface area contributed by atoms with Crippen molar-refractivity contribution in [2.24, 2.45) is 22.7 Å². The Morgan fingerprint density at radius 1 is 0.892 bits per heavy atom. The van der Waals surface area contributed by atoms with E-state index >= 15 is 0 Å². The highest BCUT2D eigenvalue weighted by Crippen LogP contribution is 2.59. The smallest absolute Gasteiger partial charge is 0.330 e. The molecule has 0 heterocycles. The van der Waals surface area contributed by atoms with E-state index in [4.69, 9.17) is 9.84 Å². The SMILES string of the molecule is C=CC(=O)O.C=CC(=O)OC[C@]1(C)C[C@H]1[C@@H](C)c1ccccc1.C[C@@H](c1ccccc1)[C@@H]1C[C@@]1(C)CO. The summed E-state index contributed by atoms with van der Waals surface area (Å²) in [7, 11) is 0. The van der Waals surface area contributed by atoms with E-state index in [0.29, 0.717) is 36.9 Å². The first-order chi connectivity index (χ1) is 17.5. The Kier molecular flexibility index (Phi) is 10.9. The number of ether oxygens (including phenoxy) is 1. The van der Waals surface area contributed by atoms with Crippen LogP contribution in [0.15, 0.2) is 86.0 Å². The van der Waals surface area contributed by atoms with Crippen LogP contribution in [0.1, 0.15) is 63.5 Å². The number of carboxylic acids is 1. The molecule has 4 rings (SSSR count). The molecule has 0 aromatic heterocycles. The minimum atomic E-state index is -0.981. The van der Waals surface area contributed by atoms with Crippen molar-refractivity contribution in [2.75, 3.05) is 13.2 Å². The van der Waals surface area contributed by atoms with Gasteiger partial charge in [-0.05, 0) is 53.1 Å². The van der Waals surface area contributed by atoms with Crippen LogP contribution in [-0.4, -0.2) is 35.4 Å². The van der Waals surface area contributed by atoms with Crippen molar-refractivity contribution in [3.05, 3.63) is 97.1 Å². The van der Waals surface area contributed by atoms with Crippen molar-refractivity contribution in [3.8, 4) is 0 Å². The summed E-state index contributed by atoms with van der Waals surface area (Å²) < 4.78 is 5.18. The number of aliphatic hydroxyl groups is 1. The van der Waals surface area contributed by atoms with Crippen molar-refractivity contribution >= 4 is 11.9 Å². The summed E-state index contributed by atoms with van der Waals surface area (Å²) in [6, 6.07) is 21.1. The third kappa shape index (κ3) is 8.71. The van der Waals surface area contributed by atoms with Gasteiger partial charge in [-0.1, -0.05) is 102 Å². The van der Waals surface area contributed by atoms with E-state index in [1.165, 1.54) is 23.6 Å². The number of rotatable bonds is 9. The molecule has 0 bridgehead atoms. The van der Waals surface area contributed by atoms with E-state index in [1.807, 2.05) is 12.1 Å². The summed E-state index contributed by atoms with van der Waals surface area (Å²) in [6.07, 6.45) is 4.34. The van der Waals surface area contributed by atoms with E-state index in [1.54, 1.807) is 0 Å². The first-order valence-corrected chi connectivity index (χ1v) is 12.9. The predicted octanol–water partition coefficient (Wildman–Crippen LogP) is 6.61. The van der Waals surface area contributed by atoms with Crippen LogP contribution in [0, 0.1) is 22.7 Å². The van der Waals surface area contributed by atoms with Gasteiger partial charge >= 0.3 is 11.9 Å². The lowest BCUT2D eigenvalue weighted by atomic mass is 9.91. The van der Waals surface area contributed by atoms with Gasteiger partial charge in [-0.15, -0.1) is 0 Å². The molecule has 37 heavy (non-hydrogen) atoms. The molecular formula is C32H42O5. The largest absolute Gasteiger partial charge is 0.478 e. The van der Waals surface area contributed by atoms with Crippen LogP contribution in [0.4, 0.5) is 0 Å². The molecular weight excluding hydrogens is 464 g/mol. The Balaban J connectivity index is 0.000000225. The lowest BCUT2D eigenvalue weighted by molar-refractivity contribution is -0.139. The van der Waals surface area contributed by atoms with Gasteiger partial charge in [-0.25, -0.2) is 9.59 Å². The van der Waals surface area contributed by atoms with Crippen LogP contribution >= 0.6 is 0 Å². The fraction of sp³-hybridized carbons (Fsp3) is 0.438. The molecule has 2 aliphatic carbocycles. The molecule has 2 N–H and O–H groups in total. The number of carbonyl (C=O) groups excluding carboxylic acids is 1. The summed E-state index contributed by atoms with van der Waals surface area (Å²) in [6.45, 7) is 16.1. The van der Waals surface area contributed by atoms with Crippen molar-refractivity contribution < 1.29 is 24.5 Å². The third-order valence-corrected chi connectivity index (χ3v) is 7.95. The van der Waals surface area contributed by atoms with Gasteiger partial charge in [-0.3, -0.25) is 0 Å². The Hall–Kier alpha value is -3.18. The number of hydrogen-bond donors (Lipinski definition) is 2. The Bertz CT molecular complexity index is 1030. The maximum atomic E-state index is 11.1. The molecule has 0 unspecified atom stereocenters. The van der Waals surface area contributed by atoms with Crippen LogP contribution in [0.2, 0.25) is 0 Å². The highest BCUT2D eigenvalue weighted by Gasteiger charge is 2.53. The summed E-state index contributed by atoms with van der Waals surface area (Å²) in [5.74, 6) is 1.04. The molecule has 0 spiro atoms. The number of benzene rings is 2. The third-order valence-electron chi connectivity index (χ3n) is 7.95. The molecule has 2 aromatic carbocycles. The maximum absolute atomic E-state index is 11.1. The number of hydrogen-bond acceptors (Lipinski definition) is 4. The van der Waals surface area contributed by atoms with Crippen molar-refractivity contribution in [1.82, 2.24) is 0 Å². The van der Waals surface area contributed by atoms with E-state index in [-0.39, 0.29) is 16.8 Å².